The van der Waals surface area contributed by atoms with Crippen LogP contribution in [0.15, 0.2) is 24.3 Å². The summed E-state index contributed by atoms with van der Waals surface area (Å²) in [6, 6.07) is 9.81. The van der Waals surface area contributed by atoms with E-state index < -0.39 is 0 Å². The average Bonchev–Trinajstić information content (AvgIpc) is 2.56. The largest absolute Gasteiger partial charge is 0.462 e. The maximum absolute atomic E-state index is 12.7. The molecule has 0 unspecified atom stereocenters. The summed E-state index contributed by atoms with van der Waals surface area (Å²) in [5.74, 6) is 0.266. The molecule has 2 aromatic rings. The number of nitrogens with zero attached hydrogens (tertiary/aromatic N) is 2. The third kappa shape index (κ3) is 3.19. The van der Waals surface area contributed by atoms with Crippen molar-refractivity contribution in [3.05, 3.63) is 41.1 Å². The maximum atomic E-state index is 12.7. The molecule has 1 aliphatic carbocycles. The Morgan fingerprint density at radius 2 is 2.26 bits per heavy atom. The molecule has 0 saturated carbocycles. The normalized spacial score (nSPS) is 16.6. The molecule has 1 aliphatic rings. The molecule has 1 aromatic heterocycles. The van der Waals surface area contributed by atoms with Crippen LogP contribution in [0, 0.1) is 17.2 Å². The number of ether oxygens (including phenoxy) is 1. The van der Waals surface area contributed by atoms with Crippen LogP contribution in [0.3, 0.4) is 0 Å². The number of hydrogen-bond acceptors (Lipinski definition) is 4. The molecule has 0 amide bonds. The van der Waals surface area contributed by atoms with Gasteiger partial charge in [-0.05, 0) is 43.2 Å². The SMILES string of the molecule is C[C@H]1CCc2nc3ccccc3c(C(=O)OCCCC#N)c2C1. The van der Waals surface area contributed by atoms with Crippen molar-refractivity contribution in [1.29, 1.82) is 5.26 Å². The van der Waals surface area contributed by atoms with Crippen LogP contribution in [-0.4, -0.2) is 17.6 Å². The van der Waals surface area contributed by atoms with E-state index in [1.54, 1.807) is 0 Å². The molecule has 0 bridgehead atoms. The summed E-state index contributed by atoms with van der Waals surface area (Å²) < 4.78 is 5.42. The number of hydrogen-bond donors (Lipinski definition) is 0. The number of para-hydroxylation sites is 1. The summed E-state index contributed by atoms with van der Waals surface area (Å²) in [7, 11) is 0. The van der Waals surface area contributed by atoms with E-state index in [1.807, 2.05) is 24.3 Å². The Kier molecular flexibility index (Phi) is 4.57. The molecule has 4 nitrogen and oxygen atoms in total. The monoisotopic (exact) mass is 308 g/mol. The summed E-state index contributed by atoms with van der Waals surface area (Å²) in [4.78, 5) is 17.4. The van der Waals surface area contributed by atoms with Crippen molar-refractivity contribution in [3.63, 3.8) is 0 Å². The Hall–Kier alpha value is -2.41. The van der Waals surface area contributed by atoms with Gasteiger partial charge in [0.05, 0.1) is 23.8 Å². The highest BCUT2D eigenvalue weighted by Gasteiger charge is 2.25. The molecule has 118 valence electrons. The lowest BCUT2D eigenvalue weighted by atomic mass is 9.84. The molecule has 3 rings (SSSR count). The van der Waals surface area contributed by atoms with E-state index in [2.05, 4.69) is 13.0 Å². The first-order valence-corrected chi connectivity index (χ1v) is 8.15. The number of aryl methyl sites for hydroxylation is 1. The van der Waals surface area contributed by atoms with Gasteiger partial charge in [0, 0.05) is 17.5 Å². The molecule has 0 N–H and O–H groups in total. The molecule has 0 saturated heterocycles. The first-order chi connectivity index (χ1) is 11.2. The van der Waals surface area contributed by atoms with Crippen LogP contribution in [0.2, 0.25) is 0 Å². The van der Waals surface area contributed by atoms with E-state index >= 15 is 0 Å². The minimum Gasteiger partial charge on any atom is -0.462 e. The van der Waals surface area contributed by atoms with Gasteiger partial charge >= 0.3 is 5.97 Å². The minimum atomic E-state index is -0.285. The van der Waals surface area contributed by atoms with Crippen molar-refractivity contribution in [2.45, 2.75) is 39.0 Å². The first kappa shape index (κ1) is 15.5. The lowest BCUT2D eigenvalue weighted by molar-refractivity contribution is 0.0502. The first-order valence-electron chi connectivity index (χ1n) is 8.15. The number of aromatic nitrogens is 1. The molecule has 1 heterocycles. The fraction of sp³-hybridized carbons (Fsp3) is 0.421. The zero-order chi connectivity index (χ0) is 16.2. The Morgan fingerprint density at radius 3 is 3.09 bits per heavy atom. The standard InChI is InChI=1S/C19H20N2O2/c1-13-8-9-17-15(12-13)18(19(22)23-11-5-4-10-20)14-6-2-3-7-16(14)21-17/h2-3,6-7,13H,4-5,8-9,11-12H2,1H3/t13-/m0/s1. The zero-order valence-corrected chi connectivity index (χ0v) is 13.3. The molecule has 0 radical (unpaired) electrons. The molecule has 0 fully saturated rings. The van der Waals surface area contributed by atoms with Crippen LogP contribution in [0.4, 0.5) is 0 Å². The van der Waals surface area contributed by atoms with Crippen molar-refractivity contribution in [2.75, 3.05) is 6.61 Å². The Balaban J connectivity index is 2.01. The van der Waals surface area contributed by atoms with E-state index in [0.29, 0.717) is 24.3 Å². The van der Waals surface area contributed by atoms with Crippen molar-refractivity contribution < 1.29 is 9.53 Å². The lowest BCUT2D eigenvalue weighted by Gasteiger charge is -2.24. The molecule has 0 spiro atoms. The van der Waals surface area contributed by atoms with Gasteiger partial charge in [-0.3, -0.25) is 4.98 Å². The van der Waals surface area contributed by atoms with Crippen LogP contribution in [0.1, 0.15) is 47.8 Å². The fourth-order valence-corrected chi connectivity index (χ4v) is 3.18. The van der Waals surface area contributed by atoms with Gasteiger partial charge in [-0.2, -0.15) is 5.26 Å². The van der Waals surface area contributed by atoms with Crippen molar-refractivity contribution >= 4 is 16.9 Å². The predicted octanol–water partition coefficient (Wildman–Crippen LogP) is 3.82. The van der Waals surface area contributed by atoms with E-state index in [-0.39, 0.29) is 12.6 Å². The van der Waals surface area contributed by atoms with Gasteiger partial charge in [-0.15, -0.1) is 0 Å². The topological polar surface area (TPSA) is 63.0 Å². The van der Waals surface area contributed by atoms with Gasteiger partial charge in [0.15, 0.2) is 0 Å². The van der Waals surface area contributed by atoms with Gasteiger partial charge in [0.2, 0.25) is 0 Å². The van der Waals surface area contributed by atoms with Gasteiger partial charge in [-0.25, -0.2) is 4.79 Å². The second-order valence-corrected chi connectivity index (χ2v) is 6.17. The molecule has 1 aromatic carbocycles. The zero-order valence-electron chi connectivity index (χ0n) is 13.3. The maximum Gasteiger partial charge on any atom is 0.339 e. The van der Waals surface area contributed by atoms with E-state index in [1.165, 1.54) is 0 Å². The summed E-state index contributed by atoms with van der Waals surface area (Å²) >= 11 is 0. The van der Waals surface area contributed by atoms with Crippen LogP contribution >= 0.6 is 0 Å². The molecular formula is C19H20N2O2. The molecule has 0 aliphatic heterocycles. The second-order valence-electron chi connectivity index (χ2n) is 6.17. The fourth-order valence-electron chi connectivity index (χ4n) is 3.18. The highest BCUT2D eigenvalue weighted by molar-refractivity contribution is 6.05. The number of carbonyl (C=O) groups is 1. The Morgan fingerprint density at radius 1 is 1.43 bits per heavy atom. The predicted molar refractivity (Wildman–Crippen MR) is 88.1 cm³/mol. The number of nitriles is 1. The summed E-state index contributed by atoms with van der Waals surface area (Å²) in [5, 5.41) is 9.44. The number of fused-ring (bicyclic) bond motifs is 2. The van der Waals surface area contributed by atoms with E-state index in [9.17, 15) is 4.79 Å². The average molecular weight is 308 g/mol. The minimum absolute atomic E-state index is 0.285. The summed E-state index contributed by atoms with van der Waals surface area (Å²) in [6.07, 6.45) is 3.87. The van der Waals surface area contributed by atoms with Gasteiger partial charge in [0.1, 0.15) is 0 Å². The number of rotatable bonds is 4. The van der Waals surface area contributed by atoms with Gasteiger partial charge < -0.3 is 4.74 Å². The number of esters is 1. The third-order valence-corrected chi connectivity index (χ3v) is 4.38. The highest BCUT2D eigenvalue weighted by atomic mass is 16.5. The third-order valence-electron chi connectivity index (χ3n) is 4.38. The quantitative estimate of drug-likeness (QED) is 0.636. The molecule has 1 atom stereocenters. The van der Waals surface area contributed by atoms with Crippen molar-refractivity contribution in [1.82, 2.24) is 4.98 Å². The van der Waals surface area contributed by atoms with Gasteiger partial charge in [-0.1, -0.05) is 25.1 Å². The van der Waals surface area contributed by atoms with E-state index in [4.69, 9.17) is 15.0 Å². The van der Waals surface area contributed by atoms with Crippen LogP contribution in [-0.2, 0) is 17.6 Å². The van der Waals surface area contributed by atoms with Crippen LogP contribution in [0.25, 0.3) is 10.9 Å². The number of carbonyl (C=O) groups excluding carboxylic acids is 1. The highest BCUT2D eigenvalue weighted by Crippen LogP contribution is 2.31. The lowest BCUT2D eigenvalue weighted by Crippen LogP contribution is -2.19. The van der Waals surface area contributed by atoms with Crippen LogP contribution < -0.4 is 0 Å². The Labute approximate surface area is 136 Å². The van der Waals surface area contributed by atoms with E-state index in [0.717, 1.165) is 41.4 Å². The number of unbranched alkanes of at least 4 members (excludes halogenated alkanes) is 1. The molecule has 23 heavy (non-hydrogen) atoms. The second kappa shape index (κ2) is 6.78. The summed E-state index contributed by atoms with van der Waals surface area (Å²) in [6.45, 7) is 2.49. The smallest absolute Gasteiger partial charge is 0.339 e. The number of pyridine rings is 1. The van der Waals surface area contributed by atoms with Crippen molar-refractivity contribution in [3.8, 4) is 6.07 Å². The van der Waals surface area contributed by atoms with Crippen molar-refractivity contribution in [2.24, 2.45) is 5.92 Å². The molecular weight excluding hydrogens is 288 g/mol. The summed E-state index contributed by atoms with van der Waals surface area (Å²) in [5.41, 5.74) is 3.61. The van der Waals surface area contributed by atoms with Gasteiger partial charge in [0.25, 0.3) is 0 Å². The molecule has 4 heteroatoms. The van der Waals surface area contributed by atoms with Crippen LogP contribution in [0.5, 0.6) is 0 Å². The number of benzene rings is 1. The Bertz CT molecular complexity index is 777.